The number of hydrogen-bond donors (Lipinski definition) is 5. The Kier molecular flexibility index (Phi) is 5.04. The minimum absolute atomic E-state index is 0.102. The molecule has 0 saturated carbocycles. The van der Waals surface area contributed by atoms with Crippen molar-refractivity contribution in [1.29, 1.82) is 0 Å². The van der Waals surface area contributed by atoms with Gasteiger partial charge in [0.1, 0.15) is 5.41 Å². The van der Waals surface area contributed by atoms with Gasteiger partial charge in [-0.25, -0.2) is 4.79 Å². The van der Waals surface area contributed by atoms with E-state index in [0.717, 1.165) is 0 Å². The van der Waals surface area contributed by atoms with Gasteiger partial charge in [0.15, 0.2) is 0 Å². The summed E-state index contributed by atoms with van der Waals surface area (Å²) in [5.74, 6) is -4.31. The molecule has 94 valence electrons. The molecule has 0 heterocycles. The molecule has 0 aromatic carbocycles. The van der Waals surface area contributed by atoms with Gasteiger partial charge >= 0.3 is 11.9 Å². The summed E-state index contributed by atoms with van der Waals surface area (Å²) < 4.78 is 4.23. The van der Waals surface area contributed by atoms with Gasteiger partial charge in [0.25, 0.3) is 0 Å². The first-order valence-electron chi connectivity index (χ1n) is 4.42. The maximum absolute atomic E-state index is 11.1. The fraction of sp³-hybridized carbons (Fsp3) is 0.667. The first kappa shape index (κ1) is 15.0. The van der Waals surface area contributed by atoms with Crippen LogP contribution in [0, 0.1) is 5.41 Å². The second-order valence-corrected chi connectivity index (χ2v) is 3.53. The first-order valence-corrected chi connectivity index (χ1v) is 4.42. The highest BCUT2D eigenvalue weighted by atomic mass is 16.8. The van der Waals surface area contributed by atoms with Gasteiger partial charge in [0.2, 0.25) is 0 Å². The highest BCUT2D eigenvalue weighted by Gasteiger charge is 2.52. The number of ether oxygens (including phenoxy) is 1. The molecule has 7 heteroatoms. The Morgan fingerprint density at radius 2 is 1.56 bits per heavy atom. The molecule has 0 radical (unpaired) electrons. The Labute approximate surface area is 92.2 Å². The number of esters is 1. The number of carbonyl (C=O) groups is 1. The van der Waals surface area contributed by atoms with Crippen LogP contribution in [-0.2, 0) is 9.53 Å². The summed E-state index contributed by atoms with van der Waals surface area (Å²) in [6.07, 6.45) is 0. The highest BCUT2D eigenvalue weighted by Crippen LogP contribution is 2.30. The third-order valence-corrected chi connectivity index (χ3v) is 2.18. The van der Waals surface area contributed by atoms with Crippen LogP contribution in [0.2, 0.25) is 0 Å². The highest BCUT2D eigenvalue weighted by molar-refractivity contribution is 5.87. The molecule has 5 N–H and O–H groups in total. The summed E-state index contributed by atoms with van der Waals surface area (Å²) in [5.41, 5.74) is -2.27. The number of hydrogen-bond acceptors (Lipinski definition) is 7. The molecule has 0 bridgehead atoms. The Bertz CT molecular complexity index is 259. The summed E-state index contributed by atoms with van der Waals surface area (Å²) in [6, 6.07) is 0. The lowest BCUT2D eigenvalue weighted by molar-refractivity contribution is -0.389. The lowest BCUT2D eigenvalue weighted by Crippen LogP contribution is -2.58. The molecule has 7 nitrogen and oxygen atoms in total. The van der Waals surface area contributed by atoms with Gasteiger partial charge < -0.3 is 30.3 Å². The molecule has 0 aromatic rings. The topological polar surface area (TPSA) is 127 Å². The number of carbonyl (C=O) groups excluding carboxylic acids is 1. The molecule has 0 atom stereocenters. The van der Waals surface area contributed by atoms with Crippen LogP contribution in [0.3, 0.4) is 0 Å². The molecule has 0 fully saturated rings. The molecular weight excluding hydrogens is 220 g/mol. The number of aliphatic hydroxyl groups is 5. The number of rotatable bonds is 6. The van der Waals surface area contributed by atoms with Crippen LogP contribution in [0.5, 0.6) is 0 Å². The molecule has 0 saturated heterocycles. The maximum atomic E-state index is 11.1. The normalized spacial score (nSPS) is 12.4. The molecule has 0 aromatic heterocycles. The van der Waals surface area contributed by atoms with Crippen LogP contribution in [0.1, 0.15) is 6.92 Å². The summed E-state index contributed by atoms with van der Waals surface area (Å²) in [6.45, 7) is 1.52. The third-order valence-electron chi connectivity index (χ3n) is 2.18. The first-order chi connectivity index (χ1) is 7.26. The second-order valence-electron chi connectivity index (χ2n) is 3.53. The van der Waals surface area contributed by atoms with Gasteiger partial charge in [-0.05, 0) is 6.92 Å². The predicted molar refractivity (Wildman–Crippen MR) is 51.8 cm³/mol. The van der Waals surface area contributed by atoms with Gasteiger partial charge in [-0.3, -0.25) is 0 Å². The molecule has 0 aliphatic carbocycles. The van der Waals surface area contributed by atoms with E-state index >= 15 is 0 Å². The zero-order valence-corrected chi connectivity index (χ0v) is 8.88. The Hall–Kier alpha value is -0.990. The van der Waals surface area contributed by atoms with Gasteiger partial charge in [-0.15, -0.1) is 0 Å². The minimum atomic E-state index is -3.19. The van der Waals surface area contributed by atoms with Crippen molar-refractivity contribution in [3.63, 3.8) is 0 Å². The van der Waals surface area contributed by atoms with Crippen LogP contribution in [0.4, 0.5) is 0 Å². The van der Waals surface area contributed by atoms with Crippen molar-refractivity contribution in [2.75, 3.05) is 19.8 Å². The fourth-order valence-electron chi connectivity index (χ4n) is 0.784. The van der Waals surface area contributed by atoms with Crippen LogP contribution >= 0.6 is 0 Å². The van der Waals surface area contributed by atoms with E-state index in [1.165, 1.54) is 6.92 Å². The third kappa shape index (κ3) is 2.77. The molecule has 0 spiro atoms. The van der Waals surface area contributed by atoms with Crippen LogP contribution < -0.4 is 0 Å². The zero-order valence-electron chi connectivity index (χ0n) is 8.88. The van der Waals surface area contributed by atoms with Crippen molar-refractivity contribution >= 4 is 5.97 Å². The molecular formula is C9H16O7. The number of aliphatic hydroxyl groups excluding tert-OH is 3. The fourth-order valence-corrected chi connectivity index (χ4v) is 0.784. The van der Waals surface area contributed by atoms with Crippen molar-refractivity contribution in [2.45, 2.75) is 12.9 Å². The van der Waals surface area contributed by atoms with Gasteiger partial charge in [-0.1, -0.05) is 6.58 Å². The zero-order chi connectivity index (χ0) is 13.0. The Morgan fingerprint density at radius 3 is 1.81 bits per heavy atom. The largest absolute Gasteiger partial charge is 0.404 e. The molecule has 0 amide bonds. The van der Waals surface area contributed by atoms with Crippen molar-refractivity contribution in [2.24, 2.45) is 5.41 Å². The summed E-state index contributed by atoms with van der Waals surface area (Å²) in [5, 5.41) is 45.6. The van der Waals surface area contributed by atoms with Crippen LogP contribution in [0.25, 0.3) is 0 Å². The second kappa shape index (κ2) is 5.37. The van der Waals surface area contributed by atoms with Crippen molar-refractivity contribution < 1.29 is 35.1 Å². The quantitative estimate of drug-likeness (QED) is 0.199. The van der Waals surface area contributed by atoms with E-state index in [-0.39, 0.29) is 5.57 Å². The van der Waals surface area contributed by atoms with Gasteiger partial charge in [-0.2, -0.15) is 0 Å². The Balaban J connectivity index is 5.00. The molecule has 0 unspecified atom stereocenters. The van der Waals surface area contributed by atoms with E-state index in [1.54, 1.807) is 0 Å². The van der Waals surface area contributed by atoms with Crippen molar-refractivity contribution in [1.82, 2.24) is 0 Å². The van der Waals surface area contributed by atoms with Gasteiger partial charge in [0.05, 0.1) is 19.8 Å². The van der Waals surface area contributed by atoms with E-state index in [2.05, 4.69) is 11.3 Å². The van der Waals surface area contributed by atoms with E-state index < -0.39 is 37.2 Å². The summed E-state index contributed by atoms with van der Waals surface area (Å²) in [4.78, 5) is 11.1. The SMILES string of the molecule is C=C(C)C(=O)OC(O)(O)C(CO)(CO)CO. The Morgan fingerprint density at radius 1 is 1.19 bits per heavy atom. The van der Waals surface area contributed by atoms with Crippen molar-refractivity contribution in [3.8, 4) is 0 Å². The van der Waals surface area contributed by atoms with Crippen molar-refractivity contribution in [3.05, 3.63) is 12.2 Å². The van der Waals surface area contributed by atoms with E-state index in [9.17, 15) is 15.0 Å². The lowest BCUT2D eigenvalue weighted by Gasteiger charge is -2.37. The molecule has 0 rings (SSSR count). The smallest absolute Gasteiger partial charge is 0.337 e. The monoisotopic (exact) mass is 236 g/mol. The van der Waals surface area contributed by atoms with Crippen LogP contribution in [0.15, 0.2) is 12.2 Å². The lowest BCUT2D eigenvalue weighted by atomic mass is 9.88. The summed E-state index contributed by atoms with van der Waals surface area (Å²) >= 11 is 0. The van der Waals surface area contributed by atoms with E-state index in [4.69, 9.17) is 15.3 Å². The van der Waals surface area contributed by atoms with Gasteiger partial charge in [0, 0.05) is 5.57 Å². The average Bonchev–Trinajstić information content (AvgIpc) is 2.19. The molecule has 16 heavy (non-hydrogen) atoms. The summed E-state index contributed by atoms with van der Waals surface area (Å²) in [7, 11) is 0. The maximum Gasteiger partial charge on any atom is 0.337 e. The van der Waals surface area contributed by atoms with Crippen LogP contribution in [-0.4, -0.2) is 57.3 Å². The predicted octanol–water partition coefficient (Wildman–Crippen LogP) is -2.29. The molecule has 0 aliphatic rings. The molecule has 0 aliphatic heterocycles. The van der Waals surface area contributed by atoms with E-state index in [1.807, 2.05) is 0 Å². The average molecular weight is 236 g/mol. The van der Waals surface area contributed by atoms with E-state index in [0.29, 0.717) is 0 Å². The minimum Gasteiger partial charge on any atom is -0.404 e. The standard InChI is InChI=1S/C9H16O7/c1-6(2)7(13)16-9(14,15)8(3-10,4-11)5-12/h10-12,14-15H,1,3-5H2,2H3.